The first-order chi connectivity index (χ1) is 7.31. The Balaban J connectivity index is 1.92. The summed E-state index contributed by atoms with van der Waals surface area (Å²) in [6.07, 6.45) is 6.86. The monoisotopic (exact) mass is 223 g/mol. The van der Waals surface area contributed by atoms with Crippen molar-refractivity contribution in [2.45, 2.75) is 37.3 Å². The smallest absolute Gasteiger partial charge is 0.114 e. The van der Waals surface area contributed by atoms with E-state index in [-0.39, 0.29) is 5.54 Å². The number of fused-ring (bicyclic) bond motifs is 1. The fourth-order valence-corrected chi connectivity index (χ4v) is 3.87. The molecule has 2 unspecified atom stereocenters. The number of aromatic nitrogens is 1. The first-order valence-corrected chi connectivity index (χ1v) is 6.61. The second-order valence-electron chi connectivity index (χ2n) is 4.68. The van der Waals surface area contributed by atoms with E-state index in [1.807, 2.05) is 11.6 Å². The molecule has 4 heteroatoms. The molecule has 2 aliphatic heterocycles. The Hall–Kier alpha value is -0.450. The lowest BCUT2D eigenvalue weighted by atomic mass is 9.87. The fraction of sp³-hybridized carbons (Fsp3) is 0.727. The Morgan fingerprint density at radius 1 is 1.47 bits per heavy atom. The van der Waals surface area contributed by atoms with Gasteiger partial charge in [-0.15, -0.1) is 11.3 Å². The van der Waals surface area contributed by atoms with Gasteiger partial charge in [0, 0.05) is 24.2 Å². The van der Waals surface area contributed by atoms with Gasteiger partial charge in [0.05, 0.1) is 5.54 Å². The maximum atomic E-state index is 6.59. The van der Waals surface area contributed by atoms with Gasteiger partial charge in [0.15, 0.2) is 0 Å². The summed E-state index contributed by atoms with van der Waals surface area (Å²) in [6, 6.07) is 0.539. The van der Waals surface area contributed by atoms with Crippen LogP contribution >= 0.6 is 11.3 Å². The van der Waals surface area contributed by atoms with Crippen LogP contribution in [0.4, 0.5) is 0 Å². The van der Waals surface area contributed by atoms with Gasteiger partial charge in [-0.1, -0.05) is 6.42 Å². The molecule has 0 spiro atoms. The van der Waals surface area contributed by atoms with E-state index >= 15 is 0 Å². The van der Waals surface area contributed by atoms with Gasteiger partial charge >= 0.3 is 0 Å². The van der Waals surface area contributed by atoms with Gasteiger partial charge in [-0.3, -0.25) is 4.90 Å². The summed E-state index contributed by atoms with van der Waals surface area (Å²) < 4.78 is 0. The lowest BCUT2D eigenvalue weighted by Crippen LogP contribution is -2.50. The second-order valence-corrected chi connectivity index (χ2v) is 5.57. The molecule has 0 amide bonds. The van der Waals surface area contributed by atoms with Crippen molar-refractivity contribution in [2.24, 2.45) is 5.73 Å². The molecule has 82 valence electrons. The Kier molecular flexibility index (Phi) is 2.30. The van der Waals surface area contributed by atoms with Crippen LogP contribution in [0, 0.1) is 0 Å². The minimum absolute atomic E-state index is 0.158. The Morgan fingerprint density at radius 2 is 2.40 bits per heavy atom. The number of nitrogens with zero attached hydrogens (tertiary/aromatic N) is 2. The highest BCUT2D eigenvalue weighted by atomic mass is 32.1. The molecule has 3 heterocycles. The van der Waals surface area contributed by atoms with Crippen molar-refractivity contribution in [3.63, 3.8) is 0 Å². The van der Waals surface area contributed by atoms with Crippen LogP contribution in [0.2, 0.25) is 0 Å². The molecule has 0 bridgehead atoms. The topological polar surface area (TPSA) is 42.1 Å². The molecule has 1 aromatic rings. The number of piperidine rings is 1. The highest BCUT2D eigenvalue weighted by Crippen LogP contribution is 2.40. The molecule has 2 saturated heterocycles. The molecular weight excluding hydrogens is 206 g/mol. The first-order valence-electron chi connectivity index (χ1n) is 5.73. The van der Waals surface area contributed by atoms with Crippen molar-refractivity contribution in [3.05, 3.63) is 16.6 Å². The molecule has 3 rings (SSSR count). The summed E-state index contributed by atoms with van der Waals surface area (Å²) in [5, 5.41) is 3.17. The molecule has 0 aliphatic carbocycles. The summed E-state index contributed by atoms with van der Waals surface area (Å²) in [5.74, 6) is 0. The Morgan fingerprint density at radius 3 is 3.20 bits per heavy atom. The van der Waals surface area contributed by atoms with Crippen LogP contribution < -0.4 is 5.73 Å². The Labute approximate surface area is 94.3 Å². The van der Waals surface area contributed by atoms with Crippen molar-refractivity contribution in [1.29, 1.82) is 0 Å². The van der Waals surface area contributed by atoms with Crippen molar-refractivity contribution < 1.29 is 0 Å². The van der Waals surface area contributed by atoms with Gasteiger partial charge in [-0.2, -0.15) is 0 Å². The third-order valence-electron chi connectivity index (χ3n) is 3.85. The third-order valence-corrected chi connectivity index (χ3v) is 4.82. The number of hydrogen-bond acceptors (Lipinski definition) is 4. The molecule has 0 radical (unpaired) electrons. The van der Waals surface area contributed by atoms with E-state index in [1.54, 1.807) is 11.3 Å². The van der Waals surface area contributed by atoms with Crippen LogP contribution in [-0.2, 0) is 5.54 Å². The van der Waals surface area contributed by atoms with E-state index in [0.717, 1.165) is 18.0 Å². The average molecular weight is 223 g/mol. The number of rotatable bonds is 1. The van der Waals surface area contributed by atoms with Crippen LogP contribution in [0.15, 0.2) is 11.6 Å². The zero-order valence-electron chi connectivity index (χ0n) is 8.85. The van der Waals surface area contributed by atoms with Crippen molar-refractivity contribution in [1.82, 2.24) is 9.88 Å². The predicted octanol–water partition coefficient (Wildman–Crippen LogP) is 1.56. The van der Waals surface area contributed by atoms with Gasteiger partial charge in [0.1, 0.15) is 5.01 Å². The quantitative estimate of drug-likeness (QED) is 0.785. The summed E-state index contributed by atoms with van der Waals surface area (Å²) in [5.41, 5.74) is 6.43. The Bertz CT molecular complexity index is 338. The fourth-order valence-electron chi connectivity index (χ4n) is 3.04. The number of hydrogen-bond donors (Lipinski definition) is 1. The van der Waals surface area contributed by atoms with Crippen LogP contribution in [0.25, 0.3) is 0 Å². The standard InChI is InChI=1S/C11H17N3S/c12-11(10-13-5-8-15-10)4-7-14-6-2-1-3-9(11)14/h5,8-9H,1-4,6-7,12H2. The third kappa shape index (κ3) is 1.43. The minimum atomic E-state index is -0.158. The van der Waals surface area contributed by atoms with Crippen LogP contribution in [0.5, 0.6) is 0 Å². The van der Waals surface area contributed by atoms with E-state index in [1.165, 1.54) is 25.8 Å². The molecule has 3 nitrogen and oxygen atoms in total. The van der Waals surface area contributed by atoms with Crippen LogP contribution in [-0.4, -0.2) is 29.0 Å². The SMILES string of the molecule is NC1(c2nccs2)CCN2CCCCC21. The highest BCUT2D eigenvalue weighted by Gasteiger charge is 2.47. The maximum Gasteiger partial charge on any atom is 0.114 e. The zero-order valence-corrected chi connectivity index (χ0v) is 9.67. The van der Waals surface area contributed by atoms with E-state index in [4.69, 9.17) is 5.73 Å². The van der Waals surface area contributed by atoms with Gasteiger partial charge in [0.25, 0.3) is 0 Å². The lowest BCUT2D eigenvalue weighted by molar-refractivity contribution is 0.157. The van der Waals surface area contributed by atoms with Gasteiger partial charge < -0.3 is 5.73 Å². The average Bonchev–Trinajstić information content (AvgIpc) is 2.88. The van der Waals surface area contributed by atoms with E-state index in [0.29, 0.717) is 6.04 Å². The maximum absolute atomic E-state index is 6.59. The molecule has 1 aromatic heterocycles. The zero-order chi connectivity index (χ0) is 10.3. The summed E-state index contributed by atoms with van der Waals surface area (Å²) in [6.45, 7) is 2.38. The molecule has 2 atom stereocenters. The largest absolute Gasteiger partial charge is 0.318 e. The van der Waals surface area contributed by atoms with Gasteiger partial charge in [0.2, 0.25) is 0 Å². The van der Waals surface area contributed by atoms with Crippen molar-refractivity contribution in [3.8, 4) is 0 Å². The van der Waals surface area contributed by atoms with Crippen molar-refractivity contribution >= 4 is 11.3 Å². The minimum Gasteiger partial charge on any atom is -0.318 e. The number of thiazole rings is 1. The molecule has 0 saturated carbocycles. The highest BCUT2D eigenvalue weighted by molar-refractivity contribution is 7.09. The second kappa shape index (κ2) is 3.54. The molecule has 15 heavy (non-hydrogen) atoms. The molecule has 0 aromatic carbocycles. The van der Waals surface area contributed by atoms with Crippen LogP contribution in [0.1, 0.15) is 30.7 Å². The molecule has 2 N–H and O–H groups in total. The normalized spacial score (nSPS) is 36.7. The molecule has 2 aliphatic rings. The van der Waals surface area contributed by atoms with E-state index < -0.39 is 0 Å². The summed E-state index contributed by atoms with van der Waals surface area (Å²) in [7, 11) is 0. The molecule has 2 fully saturated rings. The van der Waals surface area contributed by atoms with Crippen LogP contribution in [0.3, 0.4) is 0 Å². The molecular formula is C11H17N3S. The summed E-state index contributed by atoms with van der Waals surface area (Å²) in [4.78, 5) is 6.99. The first kappa shape index (κ1) is 9.75. The van der Waals surface area contributed by atoms with Gasteiger partial charge in [-0.05, 0) is 25.8 Å². The predicted molar refractivity (Wildman–Crippen MR) is 61.8 cm³/mol. The van der Waals surface area contributed by atoms with Crippen molar-refractivity contribution in [2.75, 3.05) is 13.1 Å². The lowest BCUT2D eigenvalue weighted by Gasteiger charge is -2.37. The number of nitrogens with two attached hydrogens (primary N) is 1. The van der Waals surface area contributed by atoms with Gasteiger partial charge in [-0.25, -0.2) is 4.98 Å². The summed E-state index contributed by atoms with van der Waals surface area (Å²) >= 11 is 1.71. The van der Waals surface area contributed by atoms with E-state index in [2.05, 4.69) is 9.88 Å². The van der Waals surface area contributed by atoms with E-state index in [9.17, 15) is 0 Å².